The van der Waals surface area contributed by atoms with Gasteiger partial charge in [-0.05, 0) is 30.5 Å². The van der Waals surface area contributed by atoms with E-state index in [-0.39, 0.29) is 11.9 Å². The molecule has 2 aliphatic rings. The van der Waals surface area contributed by atoms with Gasteiger partial charge in [-0.25, -0.2) is 4.79 Å². The Kier molecular flexibility index (Phi) is 4.97. The topological polar surface area (TPSA) is 75.0 Å². The van der Waals surface area contributed by atoms with E-state index in [4.69, 9.17) is 9.15 Å². The van der Waals surface area contributed by atoms with Gasteiger partial charge in [0.15, 0.2) is 5.76 Å². The minimum absolute atomic E-state index is 0.117. The molecule has 2 saturated heterocycles. The number of hydrogen-bond donors (Lipinski definition) is 1. The van der Waals surface area contributed by atoms with E-state index in [2.05, 4.69) is 5.32 Å². The molecular weight excluding hydrogens is 298 g/mol. The Bertz CT molecular complexity index is 566. The van der Waals surface area contributed by atoms with Crippen LogP contribution in [0.3, 0.4) is 0 Å². The summed E-state index contributed by atoms with van der Waals surface area (Å²) in [5.41, 5.74) is 1.20. The molecule has 0 saturated carbocycles. The molecule has 3 heterocycles. The summed E-state index contributed by atoms with van der Waals surface area (Å²) >= 11 is 0. The minimum Gasteiger partial charge on any atom is -0.459 e. The van der Waals surface area contributed by atoms with Crippen LogP contribution in [-0.2, 0) is 4.74 Å². The molecule has 1 N–H and O–H groups in total. The van der Waals surface area contributed by atoms with Gasteiger partial charge in [0.2, 0.25) is 0 Å². The predicted molar refractivity (Wildman–Crippen MR) is 82.9 cm³/mol. The number of amides is 3. The van der Waals surface area contributed by atoms with Crippen molar-refractivity contribution in [2.45, 2.75) is 12.8 Å². The van der Waals surface area contributed by atoms with Crippen LogP contribution in [0.15, 0.2) is 34.6 Å². The first-order chi connectivity index (χ1) is 11.2. The summed E-state index contributed by atoms with van der Waals surface area (Å²) < 4.78 is 10.4. The molecule has 0 bridgehead atoms. The Labute approximate surface area is 134 Å². The van der Waals surface area contributed by atoms with Crippen molar-refractivity contribution in [3.8, 4) is 0 Å². The summed E-state index contributed by atoms with van der Waals surface area (Å²) in [7, 11) is 0. The molecule has 7 nitrogen and oxygen atoms in total. The molecule has 0 aromatic carbocycles. The van der Waals surface area contributed by atoms with Crippen LogP contribution >= 0.6 is 0 Å². The second-order valence-electron chi connectivity index (χ2n) is 5.62. The van der Waals surface area contributed by atoms with Gasteiger partial charge in [0.1, 0.15) is 0 Å². The lowest BCUT2D eigenvalue weighted by molar-refractivity contribution is 0.0635. The third-order valence-electron chi connectivity index (χ3n) is 4.12. The first kappa shape index (κ1) is 15.6. The van der Waals surface area contributed by atoms with Crippen molar-refractivity contribution in [1.29, 1.82) is 0 Å². The molecular formula is C16H21N3O4. The summed E-state index contributed by atoms with van der Waals surface area (Å²) in [4.78, 5) is 27.8. The zero-order valence-corrected chi connectivity index (χ0v) is 13.0. The Balaban J connectivity index is 1.46. The van der Waals surface area contributed by atoms with E-state index in [1.165, 1.54) is 11.8 Å². The number of ether oxygens (including phenoxy) is 1. The molecule has 2 aliphatic heterocycles. The Morgan fingerprint density at radius 3 is 2.43 bits per heavy atom. The van der Waals surface area contributed by atoms with Gasteiger partial charge in [-0.2, -0.15) is 0 Å². The number of furan rings is 1. The third-order valence-corrected chi connectivity index (χ3v) is 4.12. The van der Waals surface area contributed by atoms with Crippen molar-refractivity contribution in [2.24, 2.45) is 0 Å². The largest absolute Gasteiger partial charge is 0.459 e. The summed E-state index contributed by atoms with van der Waals surface area (Å²) in [6, 6.07) is 3.23. The monoisotopic (exact) mass is 319 g/mol. The average Bonchev–Trinajstić information content (AvgIpc) is 3.15. The summed E-state index contributed by atoms with van der Waals surface area (Å²) in [6.45, 7) is 3.49. The predicted octanol–water partition coefficient (Wildman–Crippen LogP) is 1.44. The first-order valence-electron chi connectivity index (χ1n) is 7.88. The smallest absolute Gasteiger partial charge is 0.321 e. The van der Waals surface area contributed by atoms with Gasteiger partial charge in [-0.3, -0.25) is 4.79 Å². The molecule has 0 spiro atoms. The molecule has 1 aromatic heterocycles. The molecule has 0 unspecified atom stereocenters. The first-order valence-corrected chi connectivity index (χ1v) is 7.88. The number of piperazine rings is 1. The van der Waals surface area contributed by atoms with Crippen LogP contribution in [0.1, 0.15) is 23.4 Å². The minimum atomic E-state index is -0.126. The second-order valence-corrected chi connectivity index (χ2v) is 5.62. The van der Waals surface area contributed by atoms with E-state index in [0.29, 0.717) is 31.9 Å². The normalized spacial score (nSPS) is 18.7. The maximum Gasteiger partial charge on any atom is 0.321 e. The number of rotatable bonds is 2. The van der Waals surface area contributed by atoms with Gasteiger partial charge < -0.3 is 24.3 Å². The van der Waals surface area contributed by atoms with Crippen LogP contribution in [0.25, 0.3) is 0 Å². The van der Waals surface area contributed by atoms with Gasteiger partial charge >= 0.3 is 6.03 Å². The molecule has 3 amide bonds. The maximum absolute atomic E-state index is 12.2. The summed E-state index contributed by atoms with van der Waals surface area (Å²) in [5, 5.41) is 2.84. The molecule has 124 valence electrons. The lowest BCUT2D eigenvalue weighted by atomic mass is 10.1. The van der Waals surface area contributed by atoms with Gasteiger partial charge in [-0.1, -0.05) is 0 Å². The Morgan fingerprint density at radius 2 is 1.78 bits per heavy atom. The number of carbonyl (C=O) groups is 2. The highest BCUT2D eigenvalue weighted by molar-refractivity contribution is 5.91. The number of nitrogens with one attached hydrogen (secondary N) is 1. The quantitative estimate of drug-likeness (QED) is 0.895. The molecule has 7 heteroatoms. The van der Waals surface area contributed by atoms with E-state index in [9.17, 15) is 9.59 Å². The number of hydrogen-bond acceptors (Lipinski definition) is 4. The highest BCUT2D eigenvalue weighted by Crippen LogP contribution is 2.12. The lowest BCUT2D eigenvalue weighted by Gasteiger charge is -2.34. The van der Waals surface area contributed by atoms with Crippen molar-refractivity contribution in [1.82, 2.24) is 15.1 Å². The highest BCUT2D eigenvalue weighted by atomic mass is 16.5. The molecule has 23 heavy (non-hydrogen) atoms. The fourth-order valence-electron chi connectivity index (χ4n) is 2.70. The Hall–Kier alpha value is -2.28. The lowest BCUT2D eigenvalue weighted by Crippen LogP contribution is -2.52. The molecule has 2 fully saturated rings. The van der Waals surface area contributed by atoms with Crippen LogP contribution in [0.2, 0.25) is 0 Å². The zero-order chi connectivity index (χ0) is 16.1. The molecule has 1 aromatic rings. The van der Waals surface area contributed by atoms with Crippen molar-refractivity contribution in [3.63, 3.8) is 0 Å². The van der Waals surface area contributed by atoms with Crippen LogP contribution in [-0.4, -0.2) is 61.1 Å². The number of urea groups is 1. The van der Waals surface area contributed by atoms with Crippen LogP contribution in [0.5, 0.6) is 0 Å². The van der Waals surface area contributed by atoms with Gasteiger partial charge in [0, 0.05) is 32.4 Å². The van der Waals surface area contributed by atoms with Gasteiger partial charge in [-0.15, -0.1) is 0 Å². The molecule has 0 aliphatic carbocycles. The number of nitrogens with zero attached hydrogens (tertiary/aromatic N) is 2. The van der Waals surface area contributed by atoms with Crippen LogP contribution in [0, 0.1) is 0 Å². The zero-order valence-electron chi connectivity index (χ0n) is 13.0. The van der Waals surface area contributed by atoms with E-state index in [1.807, 2.05) is 0 Å². The van der Waals surface area contributed by atoms with Gasteiger partial charge in [0.25, 0.3) is 5.91 Å². The van der Waals surface area contributed by atoms with E-state index < -0.39 is 0 Å². The fraction of sp³-hybridized carbons (Fsp3) is 0.500. The molecule has 0 radical (unpaired) electrons. The van der Waals surface area contributed by atoms with Gasteiger partial charge in [0.05, 0.1) is 19.5 Å². The van der Waals surface area contributed by atoms with Crippen molar-refractivity contribution in [3.05, 3.63) is 35.9 Å². The Morgan fingerprint density at radius 1 is 1.09 bits per heavy atom. The summed E-state index contributed by atoms with van der Waals surface area (Å²) in [5.74, 6) is 0.214. The SMILES string of the molecule is O=C(NC=C1CCOCC1)N1CCN(C(=O)c2ccco2)CC1. The number of carbonyl (C=O) groups excluding carboxylic acids is 2. The van der Waals surface area contributed by atoms with E-state index in [0.717, 1.165) is 26.1 Å². The fourth-order valence-corrected chi connectivity index (χ4v) is 2.70. The van der Waals surface area contributed by atoms with Crippen molar-refractivity contribution >= 4 is 11.9 Å². The molecule has 0 atom stereocenters. The van der Waals surface area contributed by atoms with Crippen LogP contribution in [0.4, 0.5) is 4.79 Å². The second kappa shape index (κ2) is 7.32. The standard InChI is InChI=1S/C16H21N3O4/c20-15(14-2-1-9-23-14)18-5-7-19(8-6-18)16(21)17-12-13-3-10-22-11-4-13/h1-2,9,12H,3-8,10-11H2,(H,17,21). The summed E-state index contributed by atoms with van der Waals surface area (Å²) in [6.07, 6.45) is 5.02. The van der Waals surface area contributed by atoms with Crippen molar-refractivity contribution in [2.75, 3.05) is 39.4 Å². The molecule has 3 rings (SSSR count). The highest BCUT2D eigenvalue weighted by Gasteiger charge is 2.25. The maximum atomic E-state index is 12.2. The van der Waals surface area contributed by atoms with E-state index in [1.54, 1.807) is 28.1 Å². The van der Waals surface area contributed by atoms with E-state index >= 15 is 0 Å². The van der Waals surface area contributed by atoms with Crippen LogP contribution < -0.4 is 5.32 Å². The average molecular weight is 319 g/mol. The third kappa shape index (κ3) is 3.92. The van der Waals surface area contributed by atoms with Crippen molar-refractivity contribution < 1.29 is 18.7 Å².